The van der Waals surface area contributed by atoms with Gasteiger partial charge in [0.05, 0.1) is 22.1 Å². The lowest BCUT2D eigenvalue weighted by Gasteiger charge is -2.57. The minimum Gasteiger partial charge on any atom is -0.378 e. The van der Waals surface area contributed by atoms with Crippen LogP contribution >= 0.6 is 11.3 Å². The maximum absolute atomic E-state index is 13.2. The number of likely N-dealkylation sites (tertiary alicyclic amines) is 1. The molecule has 4 bridgehead atoms. The third-order valence-corrected chi connectivity index (χ3v) is 9.46. The molecule has 0 unspecified atom stereocenters. The first-order valence-corrected chi connectivity index (χ1v) is 13.7. The van der Waals surface area contributed by atoms with Crippen LogP contribution in [0.2, 0.25) is 0 Å². The molecule has 1 aromatic carbocycles. The fourth-order valence-electron chi connectivity index (χ4n) is 7.55. The molecular weight excluding hydrogens is 428 g/mol. The van der Waals surface area contributed by atoms with E-state index in [1.165, 1.54) is 38.5 Å². The number of para-hydroxylation sites is 2. The third-order valence-electron chi connectivity index (χ3n) is 8.63. The van der Waals surface area contributed by atoms with Crippen LogP contribution in [0, 0.1) is 30.6 Å². The van der Waals surface area contributed by atoms with E-state index in [2.05, 4.69) is 51.0 Å². The van der Waals surface area contributed by atoms with E-state index in [9.17, 15) is 4.79 Å². The fourth-order valence-corrected chi connectivity index (χ4v) is 8.15. The van der Waals surface area contributed by atoms with Crippen molar-refractivity contribution < 1.29 is 4.79 Å². The van der Waals surface area contributed by atoms with Crippen molar-refractivity contribution >= 4 is 28.6 Å². The predicted molar refractivity (Wildman–Crippen MR) is 134 cm³/mol. The molecule has 33 heavy (non-hydrogen) atoms. The molecule has 4 aliphatic carbocycles. The number of aromatic nitrogens is 1. The predicted octanol–water partition coefficient (Wildman–Crippen LogP) is 5.68. The SMILES string of the molecule is Cc1nc(CN2CCC(C(=O)Nc3ccccc3NC34CC5CC(CC(C5)C3)C4)CC2)cs1. The molecule has 1 saturated heterocycles. The summed E-state index contributed by atoms with van der Waals surface area (Å²) in [5, 5.41) is 10.6. The molecule has 6 heteroatoms. The van der Waals surface area contributed by atoms with Crippen LogP contribution in [0.4, 0.5) is 11.4 Å². The second-order valence-corrected chi connectivity index (χ2v) is 12.3. The smallest absolute Gasteiger partial charge is 0.227 e. The zero-order chi connectivity index (χ0) is 22.4. The van der Waals surface area contributed by atoms with E-state index >= 15 is 0 Å². The highest BCUT2D eigenvalue weighted by Gasteiger charge is 2.51. The summed E-state index contributed by atoms with van der Waals surface area (Å²) in [5.41, 5.74) is 3.47. The monoisotopic (exact) mass is 464 g/mol. The van der Waals surface area contributed by atoms with Gasteiger partial charge in [-0.05, 0) is 101 Å². The van der Waals surface area contributed by atoms with Crippen LogP contribution in [0.1, 0.15) is 62.1 Å². The molecule has 1 amide bonds. The van der Waals surface area contributed by atoms with Crippen molar-refractivity contribution in [2.24, 2.45) is 23.7 Å². The number of nitrogens with zero attached hydrogens (tertiary/aromatic N) is 2. The van der Waals surface area contributed by atoms with Crippen LogP contribution < -0.4 is 10.6 Å². The Bertz CT molecular complexity index is 974. The minimum atomic E-state index is 0.0889. The molecule has 0 spiro atoms. The lowest BCUT2D eigenvalue weighted by molar-refractivity contribution is -0.121. The van der Waals surface area contributed by atoms with Gasteiger partial charge in [0.2, 0.25) is 5.91 Å². The van der Waals surface area contributed by atoms with Crippen molar-refractivity contribution in [2.75, 3.05) is 23.7 Å². The van der Waals surface area contributed by atoms with E-state index in [-0.39, 0.29) is 17.4 Å². The molecule has 0 radical (unpaired) electrons. The highest BCUT2D eigenvalue weighted by molar-refractivity contribution is 7.09. The number of hydrogen-bond donors (Lipinski definition) is 2. The number of anilines is 2. The van der Waals surface area contributed by atoms with Gasteiger partial charge in [-0.3, -0.25) is 9.69 Å². The molecule has 7 rings (SSSR count). The number of thiazole rings is 1. The number of rotatable bonds is 6. The average Bonchev–Trinajstić information content (AvgIpc) is 3.19. The Kier molecular flexibility index (Phi) is 5.69. The highest BCUT2D eigenvalue weighted by Crippen LogP contribution is 2.56. The molecule has 176 valence electrons. The van der Waals surface area contributed by atoms with Gasteiger partial charge in [-0.15, -0.1) is 11.3 Å². The van der Waals surface area contributed by atoms with E-state index in [1.54, 1.807) is 11.3 Å². The average molecular weight is 465 g/mol. The summed E-state index contributed by atoms with van der Waals surface area (Å²) in [6.07, 6.45) is 10.1. The van der Waals surface area contributed by atoms with Crippen LogP contribution in [0.3, 0.4) is 0 Å². The first-order chi connectivity index (χ1) is 16.0. The Morgan fingerprint density at radius 1 is 1.06 bits per heavy atom. The number of carbonyl (C=O) groups is 1. The second kappa shape index (κ2) is 8.70. The molecule has 1 aliphatic heterocycles. The van der Waals surface area contributed by atoms with Gasteiger partial charge in [0.15, 0.2) is 0 Å². The maximum atomic E-state index is 13.2. The fraction of sp³-hybridized carbons (Fsp3) is 0.630. The quantitative estimate of drug-likeness (QED) is 0.577. The zero-order valence-electron chi connectivity index (χ0n) is 19.7. The number of nitrogens with one attached hydrogen (secondary N) is 2. The van der Waals surface area contributed by atoms with Gasteiger partial charge < -0.3 is 10.6 Å². The Hall–Kier alpha value is -1.92. The number of amides is 1. The van der Waals surface area contributed by atoms with Crippen LogP contribution in [0.25, 0.3) is 0 Å². The number of aryl methyl sites for hydroxylation is 1. The Morgan fingerprint density at radius 3 is 2.30 bits per heavy atom. The zero-order valence-corrected chi connectivity index (χ0v) is 20.5. The summed E-state index contributed by atoms with van der Waals surface area (Å²) in [5.74, 6) is 2.99. The van der Waals surface area contributed by atoms with Crippen molar-refractivity contribution in [3.05, 3.63) is 40.3 Å². The van der Waals surface area contributed by atoms with Gasteiger partial charge in [-0.2, -0.15) is 0 Å². The van der Waals surface area contributed by atoms with Crippen LogP contribution in [-0.4, -0.2) is 34.4 Å². The molecule has 5 aliphatic rings. The summed E-state index contributed by atoms with van der Waals surface area (Å²) >= 11 is 1.71. The number of hydrogen-bond acceptors (Lipinski definition) is 5. The number of carbonyl (C=O) groups excluding carboxylic acids is 1. The van der Waals surface area contributed by atoms with Gasteiger partial charge >= 0.3 is 0 Å². The van der Waals surface area contributed by atoms with E-state index in [0.717, 1.165) is 72.3 Å². The van der Waals surface area contributed by atoms with Crippen molar-refractivity contribution in [3.63, 3.8) is 0 Å². The summed E-state index contributed by atoms with van der Waals surface area (Å²) in [6, 6.07) is 8.36. The summed E-state index contributed by atoms with van der Waals surface area (Å²) in [7, 11) is 0. The Balaban J connectivity index is 1.08. The number of piperidine rings is 1. The number of benzene rings is 1. The van der Waals surface area contributed by atoms with Crippen molar-refractivity contribution in [3.8, 4) is 0 Å². The summed E-state index contributed by atoms with van der Waals surface area (Å²) in [4.78, 5) is 20.2. The molecule has 0 atom stereocenters. The molecule has 2 heterocycles. The Labute approximate surface area is 201 Å². The molecular formula is C27H36N4OS. The first kappa shape index (κ1) is 21.6. The molecule has 2 aromatic rings. The van der Waals surface area contributed by atoms with E-state index < -0.39 is 0 Å². The summed E-state index contributed by atoms with van der Waals surface area (Å²) in [6.45, 7) is 4.88. The van der Waals surface area contributed by atoms with E-state index in [0.29, 0.717) is 0 Å². The van der Waals surface area contributed by atoms with Crippen LogP contribution in [-0.2, 0) is 11.3 Å². The maximum Gasteiger partial charge on any atom is 0.227 e. The summed E-state index contributed by atoms with van der Waals surface area (Å²) < 4.78 is 0. The van der Waals surface area contributed by atoms with Crippen LogP contribution in [0.5, 0.6) is 0 Å². The third kappa shape index (κ3) is 4.57. The molecule has 2 N–H and O–H groups in total. The van der Waals surface area contributed by atoms with Gasteiger partial charge in [0.1, 0.15) is 0 Å². The Morgan fingerprint density at radius 2 is 1.70 bits per heavy atom. The van der Waals surface area contributed by atoms with Gasteiger partial charge in [0, 0.05) is 23.4 Å². The van der Waals surface area contributed by atoms with Gasteiger partial charge in [-0.25, -0.2) is 4.98 Å². The first-order valence-electron chi connectivity index (χ1n) is 12.8. The standard InChI is InChI=1S/C27H36N4OS/c1-18-28-23(17-33-18)16-31-8-6-22(7-9-31)26(32)29-24-4-2-3-5-25(24)30-27-13-19-10-20(14-27)12-21(11-19)15-27/h2-5,17,19-22,30H,6-16H2,1H3,(H,29,32). The molecule has 5 fully saturated rings. The molecule has 1 aromatic heterocycles. The van der Waals surface area contributed by atoms with Crippen molar-refractivity contribution in [1.29, 1.82) is 0 Å². The van der Waals surface area contributed by atoms with Gasteiger partial charge in [-0.1, -0.05) is 12.1 Å². The molecule has 5 nitrogen and oxygen atoms in total. The lowest BCUT2D eigenvalue weighted by Crippen LogP contribution is -2.54. The second-order valence-electron chi connectivity index (χ2n) is 11.3. The lowest BCUT2D eigenvalue weighted by atomic mass is 9.53. The van der Waals surface area contributed by atoms with E-state index in [4.69, 9.17) is 0 Å². The molecule has 4 saturated carbocycles. The van der Waals surface area contributed by atoms with Gasteiger partial charge in [0.25, 0.3) is 0 Å². The van der Waals surface area contributed by atoms with Crippen molar-refractivity contribution in [2.45, 2.75) is 70.4 Å². The largest absolute Gasteiger partial charge is 0.378 e. The highest BCUT2D eigenvalue weighted by atomic mass is 32.1. The topological polar surface area (TPSA) is 57.3 Å². The minimum absolute atomic E-state index is 0.0889. The van der Waals surface area contributed by atoms with Crippen LogP contribution in [0.15, 0.2) is 29.6 Å². The van der Waals surface area contributed by atoms with E-state index in [1.807, 2.05) is 6.07 Å². The normalized spacial score (nSPS) is 31.6. The van der Waals surface area contributed by atoms with Crippen molar-refractivity contribution in [1.82, 2.24) is 9.88 Å².